The van der Waals surface area contributed by atoms with E-state index in [0.29, 0.717) is 5.82 Å². The molecule has 4 aromatic carbocycles. The minimum absolute atomic E-state index is 0.122. The first-order valence-corrected chi connectivity index (χ1v) is 10.5. The van der Waals surface area contributed by atoms with Crippen LogP contribution >= 0.6 is 0 Å². The molecule has 0 unspecified atom stereocenters. The van der Waals surface area contributed by atoms with Gasteiger partial charge in [-0.1, -0.05) is 84.4 Å². The highest BCUT2D eigenvalue weighted by atomic mass is 16.2. The molecule has 5 rings (SSSR count). The molecule has 32 heavy (non-hydrogen) atoms. The van der Waals surface area contributed by atoms with Crippen molar-refractivity contribution in [3.05, 3.63) is 108 Å². The maximum Gasteiger partial charge on any atom is 0.295 e. The van der Waals surface area contributed by atoms with Crippen molar-refractivity contribution in [2.24, 2.45) is 0 Å². The number of hydrogen-bond acceptors (Lipinski definition) is 3. The standard InChI is InChI=1S/C27H22N4O/c1-18-14-16-21(17-15-18)26-29-25(30-31(26)24-13-6-3-8-19(24)2)27(32)28-23-12-7-10-20-9-4-5-11-22(20)23/h3-17H,1-2H3,(H,28,32). The van der Waals surface area contributed by atoms with Gasteiger partial charge in [0.2, 0.25) is 5.82 Å². The molecule has 0 aliphatic rings. The number of aromatic nitrogens is 3. The van der Waals surface area contributed by atoms with Crippen LogP contribution in [0.1, 0.15) is 21.7 Å². The third-order valence-corrected chi connectivity index (χ3v) is 5.50. The second kappa shape index (κ2) is 8.12. The lowest BCUT2D eigenvalue weighted by atomic mass is 10.1. The van der Waals surface area contributed by atoms with Crippen molar-refractivity contribution >= 4 is 22.4 Å². The molecule has 5 heteroatoms. The number of rotatable bonds is 4. The molecule has 0 fully saturated rings. The van der Waals surface area contributed by atoms with Crippen molar-refractivity contribution in [1.82, 2.24) is 14.8 Å². The number of carbonyl (C=O) groups excluding carboxylic acids is 1. The maximum atomic E-state index is 13.2. The molecule has 0 bridgehead atoms. The lowest BCUT2D eigenvalue weighted by molar-refractivity contribution is 0.101. The van der Waals surface area contributed by atoms with Gasteiger partial charge < -0.3 is 5.32 Å². The highest BCUT2D eigenvalue weighted by Gasteiger charge is 2.20. The summed E-state index contributed by atoms with van der Waals surface area (Å²) in [5.74, 6) is 0.404. The van der Waals surface area contributed by atoms with Crippen LogP contribution < -0.4 is 5.32 Å². The third kappa shape index (κ3) is 3.65. The van der Waals surface area contributed by atoms with Crippen molar-refractivity contribution < 1.29 is 4.79 Å². The third-order valence-electron chi connectivity index (χ3n) is 5.50. The number of amides is 1. The van der Waals surface area contributed by atoms with Crippen molar-refractivity contribution in [3.8, 4) is 17.1 Å². The summed E-state index contributed by atoms with van der Waals surface area (Å²) in [6.45, 7) is 4.06. The maximum absolute atomic E-state index is 13.2. The topological polar surface area (TPSA) is 59.8 Å². The molecule has 1 aromatic heterocycles. The number of carbonyl (C=O) groups is 1. The van der Waals surface area contributed by atoms with Crippen LogP contribution in [0, 0.1) is 13.8 Å². The van der Waals surface area contributed by atoms with Crippen LogP contribution in [0.4, 0.5) is 5.69 Å². The van der Waals surface area contributed by atoms with Gasteiger partial charge in [-0.3, -0.25) is 4.79 Å². The van der Waals surface area contributed by atoms with E-state index in [9.17, 15) is 4.79 Å². The summed E-state index contributed by atoms with van der Waals surface area (Å²) >= 11 is 0. The van der Waals surface area contributed by atoms with Crippen LogP contribution in [0.3, 0.4) is 0 Å². The Bertz CT molecular complexity index is 1430. The molecule has 0 radical (unpaired) electrons. The number of fused-ring (bicyclic) bond motifs is 1. The van der Waals surface area contributed by atoms with Gasteiger partial charge in [0.1, 0.15) is 0 Å². The summed E-state index contributed by atoms with van der Waals surface area (Å²) in [6, 6.07) is 29.8. The number of aryl methyl sites for hydroxylation is 2. The van der Waals surface area contributed by atoms with Gasteiger partial charge in [-0.2, -0.15) is 0 Å². The zero-order chi connectivity index (χ0) is 22.1. The fourth-order valence-electron chi connectivity index (χ4n) is 3.78. The molecular weight excluding hydrogens is 396 g/mol. The zero-order valence-electron chi connectivity index (χ0n) is 17.9. The van der Waals surface area contributed by atoms with Gasteiger partial charge in [-0.05, 0) is 36.9 Å². The Morgan fingerprint density at radius 3 is 2.34 bits per heavy atom. The number of nitrogens with zero attached hydrogens (tertiary/aromatic N) is 3. The number of para-hydroxylation sites is 1. The minimum Gasteiger partial charge on any atom is -0.319 e. The summed E-state index contributed by atoms with van der Waals surface area (Å²) in [4.78, 5) is 17.8. The average molecular weight is 419 g/mol. The normalized spacial score (nSPS) is 10.9. The fourth-order valence-corrected chi connectivity index (χ4v) is 3.78. The second-order valence-electron chi connectivity index (χ2n) is 7.80. The molecule has 0 saturated carbocycles. The monoisotopic (exact) mass is 418 g/mol. The van der Waals surface area contributed by atoms with Crippen LogP contribution in [0.5, 0.6) is 0 Å². The van der Waals surface area contributed by atoms with E-state index in [1.807, 2.05) is 105 Å². The van der Waals surface area contributed by atoms with E-state index in [2.05, 4.69) is 15.4 Å². The Labute approximate surface area is 186 Å². The molecule has 0 aliphatic carbocycles. The van der Waals surface area contributed by atoms with E-state index in [1.54, 1.807) is 4.68 Å². The van der Waals surface area contributed by atoms with Gasteiger partial charge in [0.05, 0.1) is 5.69 Å². The summed E-state index contributed by atoms with van der Waals surface area (Å²) in [7, 11) is 0. The second-order valence-corrected chi connectivity index (χ2v) is 7.80. The van der Waals surface area contributed by atoms with Crippen molar-refractivity contribution in [2.75, 3.05) is 5.32 Å². The summed E-state index contributed by atoms with van der Waals surface area (Å²) in [6.07, 6.45) is 0. The molecule has 5 aromatic rings. The van der Waals surface area contributed by atoms with E-state index in [4.69, 9.17) is 0 Å². The van der Waals surface area contributed by atoms with E-state index in [0.717, 1.165) is 38.8 Å². The minimum atomic E-state index is -0.345. The zero-order valence-corrected chi connectivity index (χ0v) is 17.9. The highest BCUT2D eigenvalue weighted by Crippen LogP contribution is 2.26. The number of benzene rings is 4. The van der Waals surface area contributed by atoms with E-state index in [-0.39, 0.29) is 11.7 Å². The van der Waals surface area contributed by atoms with Gasteiger partial charge >= 0.3 is 0 Å². The van der Waals surface area contributed by atoms with Crippen LogP contribution in [0.15, 0.2) is 91.0 Å². The van der Waals surface area contributed by atoms with Crippen LogP contribution in [-0.2, 0) is 0 Å². The molecule has 1 amide bonds. The fraction of sp³-hybridized carbons (Fsp3) is 0.0741. The predicted octanol–water partition coefficient (Wildman–Crippen LogP) is 5.96. The molecular formula is C27H22N4O. The molecule has 156 valence electrons. The lowest BCUT2D eigenvalue weighted by Gasteiger charge is -2.09. The Morgan fingerprint density at radius 2 is 1.53 bits per heavy atom. The van der Waals surface area contributed by atoms with Crippen LogP contribution in [-0.4, -0.2) is 20.7 Å². The molecule has 1 N–H and O–H groups in total. The molecule has 0 spiro atoms. The molecule has 0 saturated heterocycles. The van der Waals surface area contributed by atoms with Crippen molar-refractivity contribution in [3.63, 3.8) is 0 Å². The smallest absolute Gasteiger partial charge is 0.295 e. The predicted molar refractivity (Wildman–Crippen MR) is 128 cm³/mol. The lowest BCUT2D eigenvalue weighted by Crippen LogP contribution is -2.14. The van der Waals surface area contributed by atoms with Crippen molar-refractivity contribution in [2.45, 2.75) is 13.8 Å². The van der Waals surface area contributed by atoms with Gasteiger partial charge in [0, 0.05) is 16.6 Å². The molecule has 1 heterocycles. The number of nitrogens with one attached hydrogen (secondary N) is 1. The summed E-state index contributed by atoms with van der Waals surface area (Å²) in [5.41, 5.74) is 4.73. The molecule has 5 nitrogen and oxygen atoms in total. The summed E-state index contributed by atoms with van der Waals surface area (Å²) in [5, 5.41) is 9.63. The quantitative estimate of drug-likeness (QED) is 0.392. The first kappa shape index (κ1) is 19.7. The first-order valence-electron chi connectivity index (χ1n) is 10.5. The van der Waals surface area contributed by atoms with Gasteiger partial charge in [-0.25, -0.2) is 9.67 Å². The Kier molecular flexibility index (Phi) is 5.00. The average Bonchev–Trinajstić information content (AvgIpc) is 3.25. The number of anilines is 1. The molecule has 0 aliphatic heterocycles. The van der Waals surface area contributed by atoms with Crippen molar-refractivity contribution in [1.29, 1.82) is 0 Å². The van der Waals surface area contributed by atoms with Gasteiger partial charge in [0.25, 0.3) is 5.91 Å². The van der Waals surface area contributed by atoms with E-state index < -0.39 is 0 Å². The summed E-state index contributed by atoms with van der Waals surface area (Å²) < 4.78 is 1.75. The Balaban J connectivity index is 1.58. The largest absolute Gasteiger partial charge is 0.319 e. The van der Waals surface area contributed by atoms with Crippen LogP contribution in [0.2, 0.25) is 0 Å². The SMILES string of the molecule is Cc1ccc(-c2nc(C(=O)Nc3cccc4ccccc34)nn2-c2ccccc2C)cc1. The van der Waals surface area contributed by atoms with Crippen LogP contribution in [0.25, 0.3) is 27.8 Å². The Morgan fingerprint density at radius 1 is 0.812 bits per heavy atom. The van der Waals surface area contributed by atoms with E-state index in [1.165, 1.54) is 0 Å². The van der Waals surface area contributed by atoms with Gasteiger partial charge in [0.15, 0.2) is 5.82 Å². The first-order chi connectivity index (χ1) is 15.6. The van der Waals surface area contributed by atoms with E-state index >= 15 is 0 Å². The molecule has 0 atom stereocenters. The highest BCUT2D eigenvalue weighted by molar-refractivity contribution is 6.07. The Hall–Kier alpha value is -4.25. The number of hydrogen-bond donors (Lipinski definition) is 1. The van der Waals surface area contributed by atoms with Gasteiger partial charge in [-0.15, -0.1) is 5.10 Å².